The van der Waals surface area contributed by atoms with Crippen molar-refractivity contribution in [2.45, 2.75) is 18.2 Å². The summed E-state index contributed by atoms with van der Waals surface area (Å²) >= 11 is 12.0. The zero-order valence-electron chi connectivity index (χ0n) is 13.7. The second-order valence-corrected chi connectivity index (χ2v) is 7.82. The normalized spacial score (nSPS) is 11.2. The fraction of sp³-hybridized carbons (Fsp3) is 0.235. The number of para-hydroxylation sites is 1. The fourth-order valence-electron chi connectivity index (χ4n) is 2.33. The number of esters is 1. The van der Waals surface area contributed by atoms with E-state index in [-0.39, 0.29) is 14.9 Å². The number of nitrogens with zero attached hydrogens (tertiary/aromatic N) is 1. The second kappa shape index (κ2) is 8.08. The third-order valence-corrected chi connectivity index (χ3v) is 6.08. The Morgan fingerprint density at radius 1 is 1.16 bits per heavy atom. The van der Waals surface area contributed by atoms with E-state index >= 15 is 0 Å². The Morgan fingerprint density at radius 3 is 2.48 bits per heavy atom. The fourth-order valence-corrected chi connectivity index (χ4v) is 4.52. The first-order valence-electron chi connectivity index (χ1n) is 7.43. The van der Waals surface area contributed by atoms with Crippen molar-refractivity contribution in [1.29, 1.82) is 0 Å². The summed E-state index contributed by atoms with van der Waals surface area (Å²) in [4.78, 5) is 11.7. The largest absolute Gasteiger partial charge is 0.468 e. The van der Waals surface area contributed by atoms with Crippen LogP contribution < -0.4 is 4.31 Å². The van der Waals surface area contributed by atoms with Gasteiger partial charge in [0.05, 0.1) is 17.8 Å². The van der Waals surface area contributed by atoms with E-state index < -0.39 is 22.5 Å². The molecule has 0 aromatic heterocycles. The van der Waals surface area contributed by atoms with E-state index in [2.05, 4.69) is 4.74 Å². The number of halogens is 2. The van der Waals surface area contributed by atoms with Gasteiger partial charge < -0.3 is 4.74 Å². The van der Waals surface area contributed by atoms with E-state index in [0.717, 1.165) is 9.87 Å². The minimum atomic E-state index is -4.13. The molecule has 0 saturated heterocycles. The second-order valence-electron chi connectivity index (χ2n) is 5.14. The number of anilines is 1. The minimum absolute atomic E-state index is 0.0215. The van der Waals surface area contributed by atoms with Crippen LogP contribution >= 0.6 is 23.2 Å². The topological polar surface area (TPSA) is 63.7 Å². The maximum Gasteiger partial charge on any atom is 0.326 e. The Morgan fingerprint density at radius 2 is 1.84 bits per heavy atom. The molecule has 0 aliphatic carbocycles. The van der Waals surface area contributed by atoms with Crippen LogP contribution in [0.1, 0.15) is 12.5 Å². The van der Waals surface area contributed by atoms with Crippen LogP contribution in [0.25, 0.3) is 0 Å². The van der Waals surface area contributed by atoms with E-state index in [4.69, 9.17) is 23.2 Å². The van der Waals surface area contributed by atoms with Crippen molar-refractivity contribution in [2.75, 3.05) is 18.0 Å². The predicted octanol–water partition coefficient (Wildman–Crippen LogP) is 3.92. The van der Waals surface area contributed by atoms with Crippen molar-refractivity contribution in [3.63, 3.8) is 0 Å². The van der Waals surface area contributed by atoms with Crippen LogP contribution in [0, 0.1) is 0 Å². The van der Waals surface area contributed by atoms with Gasteiger partial charge in [-0.25, -0.2) is 8.42 Å². The lowest BCUT2D eigenvalue weighted by Gasteiger charge is -2.26. The van der Waals surface area contributed by atoms with E-state index in [9.17, 15) is 13.2 Å². The number of benzene rings is 2. The smallest absolute Gasteiger partial charge is 0.326 e. The van der Waals surface area contributed by atoms with Crippen molar-refractivity contribution in [1.82, 2.24) is 0 Å². The molecule has 0 aliphatic rings. The van der Waals surface area contributed by atoms with E-state index in [1.807, 2.05) is 6.92 Å². The van der Waals surface area contributed by atoms with Gasteiger partial charge in [-0.1, -0.05) is 48.3 Å². The number of ether oxygens (including phenoxy) is 1. The highest BCUT2D eigenvalue weighted by atomic mass is 35.5. The molecule has 0 saturated carbocycles. The van der Waals surface area contributed by atoms with Crippen LogP contribution in [0.15, 0.2) is 47.4 Å². The van der Waals surface area contributed by atoms with E-state index in [1.54, 1.807) is 24.3 Å². The molecule has 0 bridgehead atoms. The summed E-state index contributed by atoms with van der Waals surface area (Å²) in [6, 6.07) is 11.1. The molecule has 134 valence electrons. The number of rotatable bonds is 6. The van der Waals surface area contributed by atoms with Gasteiger partial charge >= 0.3 is 5.97 Å². The molecule has 5 nitrogen and oxygen atoms in total. The Hall–Kier alpha value is -1.76. The summed E-state index contributed by atoms with van der Waals surface area (Å²) in [7, 11) is -2.93. The average molecular weight is 402 g/mol. The summed E-state index contributed by atoms with van der Waals surface area (Å²) < 4.78 is 32.1. The molecule has 8 heteroatoms. The van der Waals surface area contributed by atoms with Crippen molar-refractivity contribution in [3.05, 3.63) is 58.1 Å². The standard InChI is InChI=1S/C17H17Cl2NO4S/c1-3-12-6-4-5-7-15(12)20(11-17(21)24-2)25(22,23)16-10-13(18)8-9-14(16)19/h4-10H,3,11H2,1-2H3. The molecule has 0 radical (unpaired) electrons. The van der Waals surface area contributed by atoms with Crippen molar-refractivity contribution in [3.8, 4) is 0 Å². The van der Waals surface area contributed by atoms with Gasteiger partial charge in [0.15, 0.2) is 0 Å². The Bertz CT molecular complexity index is 884. The Labute approximate surface area is 157 Å². The summed E-state index contributed by atoms with van der Waals surface area (Å²) in [5.41, 5.74) is 1.17. The number of aryl methyl sites for hydroxylation is 1. The third kappa shape index (κ3) is 4.26. The predicted molar refractivity (Wildman–Crippen MR) is 98.8 cm³/mol. The number of sulfonamides is 1. The summed E-state index contributed by atoms with van der Waals surface area (Å²) in [6.45, 7) is 1.42. The first-order valence-corrected chi connectivity index (χ1v) is 9.63. The zero-order chi connectivity index (χ0) is 18.6. The van der Waals surface area contributed by atoms with Crippen molar-refractivity contribution < 1.29 is 17.9 Å². The number of methoxy groups -OCH3 is 1. The van der Waals surface area contributed by atoms with Crippen LogP contribution in [0.2, 0.25) is 10.0 Å². The molecule has 2 rings (SSSR count). The lowest BCUT2D eigenvalue weighted by atomic mass is 10.1. The highest BCUT2D eigenvalue weighted by Gasteiger charge is 2.30. The summed E-state index contributed by atoms with van der Waals surface area (Å²) in [5.74, 6) is -0.687. The van der Waals surface area contributed by atoms with E-state index in [1.165, 1.54) is 25.3 Å². The summed E-state index contributed by atoms with van der Waals surface area (Å²) in [5, 5.41) is 0.248. The van der Waals surface area contributed by atoms with Gasteiger partial charge in [-0.3, -0.25) is 9.10 Å². The minimum Gasteiger partial charge on any atom is -0.468 e. The van der Waals surface area contributed by atoms with Gasteiger partial charge in [-0.15, -0.1) is 0 Å². The molecule has 2 aromatic carbocycles. The van der Waals surface area contributed by atoms with Gasteiger partial charge in [-0.05, 0) is 36.2 Å². The SMILES string of the molecule is CCc1ccccc1N(CC(=O)OC)S(=O)(=O)c1cc(Cl)ccc1Cl. The highest BCUT2D eigenvalue weighted by molar-refractivity contribution is 7.93. The number of hydrogen-bond donors (Lipinski definition) is 0. The highest BCUT2D eigenvalue weighted by Crippen LogP contribution is 2.32. The van der Waals surface area contributed by atoms with Crippen LogP contribution in [-0.4, -0.2) is 28.0 Å². The lowest BCUT2D eigenvalue weighted by molar-refractivity contribution is -0.138. The average Bonchev–Trinajstić information content (AvgIpc) is 2.61. The maximum atomic E-state index is 13.2. The van der Waals surface area contributed by atoms with Gasteiger partial charge in [0.25, 0.3) is 10.0 Å². The molecular formula is C17H17Cl2NO4S. The molecule has 2 aromatic rings. The molecule has 0 aliphatic heterocycles. The molecule has 0 fully saturated rings. The molecule has 0 unspecified atom stereocenters. The van der Waals surface area contributed by atoms with Crippen LogP contribution in [0.3, 0.4) is 0 Å². The van der Waals surface area contributed by atoms with Gasteiger partial charge in [0.2, 0.25) is 0 Å². The molecule has 25 heavy (non-hydrogen) atoms. The monoisotopic (exact) mass is 401 g/mol. The van der Waals surface area contributed by atoms with Crippen molar-refractivity contribution in [2.24, 2.45) is 0 Å². The Balaban J connectivity index is 2.66. The molecule has 0 heterocycles. The quantitative estimate of drug-likeness (QED) is 0.687. The molecule has 0 amide bonds. The summed E-state index contributed by atoms with van der Waals surface area (Å²) in [6.07, 6.45) is 0.590. The maximum absolute atomic E-state index is 13.2. The molecule has 0 N–H and O–H groups in total. The van der Waals surface area contributed by atoms with Crippen LogP contribution in [0.5, 0.6) is 0 Å². The Kier molecular flexibility index (Phi) is 6.32. The van der Waals surface area contributed by atoms with Crippen LogP contribution in [0.4, 0.5) is 5.69 Å². The van der Waals surface area contributed by atoms with E-state index in [0.29, 0.717) is 12.1 Å². The molecular weight excluding hydrogens is 385 g/mol. The zero-order valence-corrected chi connectivity index (χ0v) is 16.0. The number of carbonyl (C=O) groups is 1. The van der Waals surface area contributed by atoms with Crippen molar-refractivity contribution >= 4 is 44.9 Å². The third-order valence-electron chi connectivity index (χ3n) is 3.60. The van der Waals surface area contributed by atoms with Gasteiger partial charge in [0, 0.05) is 5.02 Å². The van der Waals surface area contributed by atoms with Gasteiger partial charge in [0.1, 0.15) is 11.4 Å². The molecule has 0 spiro atoms. The number of carbonyl (C=O) groups excluding carboxylic acids is 1. The number of hydrogen-bond acceptors (Lipinski definition) is 4. The lowest BCUT2D eigenvalue weighted by Crippen LogP contribution is -2.37. The van der Waals surface area contributed by atoms with Crippen LogP contribution in [-0.2, 0) is 26.0 Å². The first kappa shape index (κ1) is 19.6. The first-order chi connectivity index (χ1) is 11.8. The van der Waals surface area contributed by atoms with Gasteiger partial charge in [-0.2, -0.15) is 0 Å². The molecule has 0 atom stereocenters.